The summed E-state index contributed by atoms with van der Waals surface area (Å²) in [7, 11) is -3.15. The minimum atomic E-state index is -3.15. The van der Waals surface area contributed by atoms with Crippen LogP contribution in [0.3, 0.4) is 0 Å². The normalized spacial score (nSPS) is 12.1. The number of benzene rings is 2. The van der Waals surface area contributed by atoms with Crippen LogP contribution in [0.2, 0.25) is 0 Å². The van der Waals surface area contributed by atoms with E-state index in [0.717, 1.165) is 6.26 Å². The summed E-state index contributed by atoms with van der Waals surface area (Å²) < 4.78 is 33.1. The molecule has 0 aromatic heterocycles. The molecule has 0 heterocycles. The van der Waals surface area contributed by atoms with E-state index in [1.165, 1.54) is 19.1 Å². The maximum Gasteiger partial charge on any atom is 0.338 e. The van der Waals surface area contributed by atoms with Crippen LogP contribution in [0.15, 0.2) is 48.5 Å². The second-order valence-corrected chi connectivity index (χ2v) is 8.40. The van der Waals surface area contributed by atoms with Gasteiger partial charge < -0.3 is 14.8 Å². The molecular formula is C20H23NO6S. The van der Waals surface area contributed by atoms with E-state index in [9.17, 15) is 18.0 Å². The van der Waals surface area contributed by atoms with Gasteiger partial charge in [-0.05, 0) is 55.8 Å². The zero-order valence-corrected chi connectivity index (χ0v) is 16.8. The topological polar surface area (TPSA) is 98.8 Å². The third kappa shape index (κ3) is 6.70. The van der Waals surface area contributed by atoms with Gasteiger partial charge in [-0.1, -0.05) is 12.1 Å². The number of hydrogen-bond acceptors (Lipinski definition) is 6. The van der Waals surface area contributed by atoms with Gasteiger partial charge in [0.05, 0.1) is 17.9 Å². The van der Waals surface area contributed by atoms with Gasteiger partial charge in [0.2, 0.25) is 0 Å². The van der Waals surface area contributed by atoms with E-state index in [0.29, 0.717) is 23.6 Å². The molecule has 0 aliphatic heterocycles. The van der Waals surface area contributed by atoms with Crippen molar-refractivity contribution >= 4 is 27.4 Å². The van der Waals surface area contributed by atoms with Crippen molar-refractivity contribution in [1.82, 2.24) is 0 Å². The van der Waals surface area contributed by atoms with E-state index >= 15 is 0 Å². The highest BCUT2D eigenvalue weighted by atomic mass is 32.2. The van der Waals surface area contributed by atoms with Crippen molar-refractivity contribution in [3.8, 4) is 5.75 Å². The lowest BCUT2D eigenvalue weighted by Gasteiger charge is -2.14. The van der Waals surface area contributed by atoms with Crippen molar-refractivity contribution in [2.45, 2.75) is 25.7 Å². The summed E-state index contributed by atoms with van der Waals surface area (Å²) in [5.41, 5.74) is 1.36. The predicted octanol–water partition coefficient (Wildman–Crippen LogP) is 2.81. The van der Waals surface area contributed by atoms with Gasteiger partial charge in [0.1, 0.15) is 5.75 Å². The van der Waals surface area contributed by atoms with Crippen molar-refractivity contribution in [2.24, 2.45) is 0 Å². The fourth-order valence-electron chi connectivity index (χ4n) is 2.37. The van der Waals surface area contributed by atoms with Crippen molar-refractivity contribution in [3.05, 3.63) is 59.7 Å². The van der Waals surface area contributed by atoms with Crippen molar-refractivity contribution in [1.29, 1.82) is 0 Å². The number of nitrogens with one attached hydrogen (secondary N) is 1. The first-order valence-electron chi connectivity index (χ1n) is 8.69. The Labute approximate surface area is 164 Å². The van der Waals surface area contributed by atoms with Gasteiger partial charge in [0.25, 0.3) is 5.91 Å². The van der Waals surface area contributed by atoms with Crippen LogP contribution in [-0.2, 0) is 25.1 Å². The first kappa shape index (κ1) is 21.4. The van der Waals surface area contributed by atoms with Crippen LogP contribution >= 0.6 is 0 Å². The van der Waals surface area contributed by atoms with E-state index < -0.39 is 27.8 Å². The van der Waals surface area contributed by atoms with Gasteiger partial charge in [0.15, 0.2) is 15.9 Å². The monoisotopic (exact) mass is 405 g/mol. The Morgan fingerprint density at radius 3 is 2.18 bits per heavy atom. The molecule has 1 amide bonds. The van der Waals surface area contributed by atoms with Crippen LogP contribution in [0.4, 0.5) is 5.69 Å². The molecule has 1 unspecified atom stereocenters. The average molecular weight is 405 g/mol. The molecule has 28 heavy (non-hydrogen) atoms. The molecule has 150 valence electrons. The van der Waals surface area contributed by atoms with Crippen molar-refractivity contribution in [2.75, 3.05) is 18.2 Å². The summed E-state index contributed by atoms with van der Waals surface area (Å²) >= 11 is 0. The van der Waals surface area contributed by atoms with E-state index in [-0.39, 0.29) is 11.3 Å². The maximum atomic E-state index is 12.2. The largest absolute Gasteiger partial charge is 0.494 e. The van der Waals surface area contributed by atoms with Gasteiger partial charge in [0, 0.05) is 11.9 Å². The number of hydrogen-bond donors (Lipinski definition) is 1. The number of esters is 1. The van der Waals surface area contributed by atoms with Gasteiger partial charge in [-0.15, -0.1) is 0 Å². The fraction of sp³-hybridized carbons (Fsp3) is 0.300. The van der Waals surface area contributed by atoms with E-state index in [1.54, 1.807) is 36.4 Å². The Morgan fingerprint density at radius 1 is 1.04 bits per heavy atom. The van der Waals surface area contributed by atoms with Crippen molar-refractivity contribution in [3.63, 3.8) is 0 Å². The van der Waals surface area contributed by atoms with Gasteiger partial charge in [-0.25, -0.2) is 13.2 Å². The van der Waals surface area contributed by atoms with Crippen LogP contribution in [0, 0.1) is 0 Å². The number of anilines is 1. The Morgan fingerprint density at radius 2 is 1.64 bits per heavy atom. The fourth-order valence-corrected chi connectivity index (χ4v) is 3.16. The zero-order valence-electron chi connectivity index (χ0n) is 16.0. The number of carbonyl (C=O) groups excluding carboxylic acids is 2. The molecule has 1 N–H and O–H groups in total. The summed E-state index contributed by atoms with van der Waals surface area (Å²) in [4.78, 5) is 24.4. The summed E-state index contributed by atoms with van der Waals surface area (Å²) in [5, 5.41) is 2.66. The first-order chi connectivity index (χ1) is 13.2. The Hall–Kier alpha value is -2.87. The molecule has 7 nitrogen and oxygen atoms in total. The highest BCUT2D eigenvalue weighted by molar-refractivity contribution is 7.89. The molecule has 0 spiro atoms. The molecule has 0 bridgehead atoms. The molecule has 0 fully saturated rings. The molecule has 0 saturated heterocycles. The smallest absolute Gasteiger partial charge is 0.338 e. The second-order valence-electron chi connectivity index (χ2n) is 6.26. The molecule has 0 aliphatic rings. The number of carbonyl (C=O) groups is 2. The van der Waals surface area contributed by atoms with Crippen LogP contribution in [-0.4, -0.2) is 39.3 Å². The maximum absolute atomic E-state index is 12.2. The summed E-state index contributed by atoms with van der Waals surface area (Å²) in [6, 6.07) is 12.9. The van der Waals surface area contributed by atoms with Crippen LogP contribution < -0.4 is 10.1 Å². The molecular weight excluding hydrogens is 382 g/mol. The number of sulfone groups is 1. The lowest BCUT2D eigenvalue weighted by molar-refractivity contribution is -0.123. The SMILES string of the molecule is CCOc1ccc(NC(=O)C(C)OC(=O)c2ccc(CS(C)(=O)=O)cc2)cc1. The third-order valence-electron chi connectivity index (χ3n) is 3.70. The third-order valence-corrected chi connectivity index (χ3v) is 4.56. The highest BCUT2D eigenvalue weighted by Gasteiger charge is 2.19. The predicted molar refractivity (Wildman–Crippen MR) is 106 cm³/mol. The molecule has 8 heteroatoms. The summed E-state index contributed by atoms with van der Waals surface area (Å²) in [5.74, 6) is -0.547. The van der Waals surface area contributed by atoms with Crippen LogP contribution in [0.25, 0.3) is 0 Å². The lowest BCUT2D eigenvalue weighted by Crippen LogP contribution is -2.30. The minimum absolute atomic E-state index is 0.108. The number of rotatable bonds is 8. The van der Waals surface area contributed by atoms with Crippen LogP contribution in [0.5, 0.6) is 5.75 Å². The Bertz CT molecular complexity index is 920. The Kier molecular flexibility index (Phi) is 7.17. The van der Waals surface area contributed by atoms with Crippen LogP contribution in [0.1, 0.15) is 29.8 Å². The Balaban J connectivity index is 1.92. The molecule has 1 atom stereocenters. The molecule has 0 radical (unpaired) electrons. The van der Waals surface area contributed by atoms with Crippen molar-refractivity contribution < 1.29 is 27.5 Å². The first-order valence-corrected chi connectivity index (χ1v) is 10.8. The second kappa shape index (κ2) is 9.36. The molecule has 0 aliphatic carbocycles. The number of amides is 1. The summed E-state index contributed by atoms with van der Waals surface area (Å²) in [6.07, 6.45) is 0.134. The standard InChI is InChI=1S/C20H23NO6S/c1-4-26-18-11-9-17(10-12-18)21-19(22)14(2)27-20(23)16-7-5-15(6-8-16)13-28(3,24)25/h5-12,14H,4,13H2,1-3H3,(H,21,22). The quantitative estimate of drug-likeness (QED) is 0.678. The zero-order chi connectivity index (χ0) is 20.7. The van der Waals surface area contributed by atoms with E-state index in [2.05, 4.69) is 5.32 Å². The average Bonchev–Trinajstić information content (AvgIpc) is 2.62. The number of ether oxygens (including phenoxy) is 2. The molecule has 2 aromatic rings. The lowest BCUT2D eigenvalue weighted by atomic mass is 10.1. The van der Waals surface area contributed by atoms with E-state index in [4.69, 9.17) is 9.47 Å². The molecule has 2 aromatic carbocycles. The molecule has 0 saturated carbocycles. The molecule has 2 rings (SSSR count). The van der Waals surface area contributed by atoms with Gasteiger partial charge >= 0.3 is 5.97 Å². The minimum Gasteiger partial charge on any atom is -0.494 e. The van der Waals surface area contributed by atoms with Gasteiger partial charge in [-0.2, -0.15) is 0 Å². The summed E-state index contributed by atoms with van der Waals surface area (Å²) in [6.45, 7) is 3.90. The van der Waals surface area contributed by atoms with Gasteiger partial charge in [-0.3, -0.25) is 4.79 Å². The highest BCUT2D eigenvalue weighted by Crippen LogP contribution is 2.16. The van der Waals surface area contributed by atoms with E-state index in [1.807, 2.05) is 6.92 Å².